The SMILES string of the molecule is CNC(=S)N1CCN(C)CC(C)C1. The predicted octanol–water partition coefficient (Wildman–Crippen LogP) is 0.374. The van der Waals surface area contributed by atoms with Gasteiger partial charge in [-0.25, -0.2) is 0 Å². The van der Waals surface area contributed by atoms with Crippen LogP contribution >= 0.6 is 12.2 Å². The van der Waals surface area contributed by atoms with E-state index in [0.717, 1.165) is 24.7 Å². The van der Waals surface area contributed by atoms with Crippen molar-refractivity contribution < 1.29 is 0 Å². The minimum Gasteiger partial charge on any atom is -0.366 e. The van der Waals surface area contributed by atoms with Crippen LogP contribution in [0, 0.1) is 5.92 Å². The molecule has 0 aromatic heterocycles. The molecular weight excluding hydrogens is 182 g/mol. The Kier molecular flexibility index (Phi) is 3.93. The molecule has 1 atom stereocenters. The summed E-state index contributed by atoms with van der Waals surface area (Å²) in [6.45, 7) is 6.66. The van der Waals surface area contributed by atoms with Gasteiger partial charge in [0.1, 0.15) is 0 Å². The van der Waals surface area contributed by atoms with Crippen molar-refractivity contribution in [2.24, 2.45) is 5.92 Å². The van der Waals surface area contributed by atoms with Crippen LogP contribution in [0.5, 0.6) is 0 Å². The van der Waals surface area contributed by atoms with Gasteiger partial charge in [0, 0.05) is 33.2 Å². The lowest BCUT2D eigenvalue weighted by Crippen LogP contribution is -2.41. The molecule has 1 heterocycles. The summed E-state index contributed by atoms with van der Waals surface area (Å²) in [5.74, 6) is 0.693. The maximum absolute atomic E-state index is 5.22. The van der Waals surface area contributed by atoms with Crippen LogP contribution in [0.1, 0.15) is 6.92 Å². The Balaban J connectivity index is 2.52. The highest BCUT2D eigenvalue weighted by atomic mass is 32.1. The average molecular weight is 201 g/mol. The molecule has 0 aromatic rings. The summed E-state index contributed by atoms with van der Waals surface area (Å²) >= 11 is 5.22. The van der Waals surface area contributed by atoms with Crippen LogP contribution in [0.3, 0.4) is 0 Å². The Hall–Kier alpha value is -0.350. The first-order chi connectivity index (χ1) is 6.13. The largest absolute Gasteiger partial charge is 0.366 e. The molecule has 0 saturated carbocycles. The summed E-state index contributed by atoms with van der Waals surface area (Å²) in [5.41, 5.74) is 0. The van der Waals surface area contributed by atoms with E-state index < -0.39 is 0 Å². The Morgan fingerprint density at radius 3 is 2.69 bits per heavy atom. The second kappa shape index (κ2) is 4.77. The second-order valence-electron chi connectivity index (χ2n) is 3.87. The molecule has 1 fully saturated rings. The fourth-order valence-corrected chi connectivity index (χ4v) is 1.95. The van der Waals surface area contributed by atoms with Crippen molar-refractivity contribution in [2.75, 3.05) is 40.3 Å². The molecule has 1 rings (SSSR count). The molecule has 0 amide bonds. The van der Waals surface area contributed by atoms with Gasteiger partial charge >= 0.3 is 0 Å². The monoisotopic (exact) mass is 201 g/mol. The van der Waals surface area contributed by atoms with E-state index in [4.69, 9.17) is 12.2 Å². The van der Waals surface area contributed by atoms with Crippen LogP contribution in [-0.4, -0.2) is 55.2 Å². The number of nitrogens with zero attached hydrogens (tertiary/aromatic N) is 2. The molecule has 1 N–H and O–H groups in total. The Labute approximate surface area is 86.1 Å². The third-order valence-corrected chi connectivity index (χ3v) is 2.87. The zero-order valence-electron chi connectivity index (χ0n) is 8.71. The van der Waals surface area contributed by atoms with Gasteiger partial charge in [-0.1, -0.05) is 6.92 Å². The number of likely N-dealkylation sites (N-methyl/N-ethyl adjacent to an activating group) is 1. The van der Waals surface area contributed by atoms with E-state index in [1.54, 1.807) is 0 Å². The molecule has 3 nitrogen and oxygen atoms in total. The normalized spacial score (nSPS) is 25.5. The van der Waals surface area contributed by atoms with E-state index in [2.05, 4.69) is 29.1 Å². The van der Waals surface area contributed by atoms with Gasteiger partial charge in [0.25, 0.3) is 0 Å². The molecule has 0 bridgehead atoms. The van der Waals surface area contributed by atoms with Crippen molar-refractivity contribution in [3.05, 3.63) is 0 Å². The summed E-state index contributed by atoms with van der Waals surface area (Å²) in [6.07, 6.45) is 0. The number of hydrogen-bond donors (Lipinski definition) is 1. The van der Waals surface area contributed by atoms with E-state index in [1.807, 2.05) is 7.05 Å². The molecule has 1 unspecified atom stereocenters. The van der Waals surface area contributed by atoms with E-state index in [1.165, 1.54) is 6.54 Å². The smallest absolute Gasteiger partial charge is 0.168 e. The van der Waals surface area contributed by atoms with Gasteiger partial charge < -0.3 is 15.1 Å². The van der Waals surface area contributed by atoms with E-state index in [0.29, 0.717) is 5.92 Å². The standard InChI is InChI=1S/C9H19N3S/c1-8-6-11(3)4-5-12(7-8)9(13)10-2/h8H,4-7H2,1-3H3,(H,10,13). The Morgan fingerprint density at radius 1 is 1.38 bits per heavy atom. The van der Waals surface area contributed by atoms with Crippen LogP contribution in [0.4, 0.5) is 0 Å². The number of rotatable bonds is 0. The lowest BCUT2D eigenvalue weighted by Gasteiger charge is -2.24. The molecular formula is C9H19N3S. The van der Waals surface area contributed by atoms with Crippen LogP contribution in [-0.2, 0) is 0 Å². The zero-order valence-corrected chi connectivity index (χ0v) is 9.52. The van der Waals surface area contributed by atoms with Crippen LogP contribution in [0.25, 0.3) is 0 Å². The summed E-state index contributed by atoms with van der Waals surface area (Å²) < 4.78 is 0. The highest BCUT2D eigenvalue weighted by molar-refractivity contribution is 7.80. The topological polar surface area (TPSA) is 18.5 Å². The van der Waals surface area contributed by atoms with Gasteiger partial charge in [0.15, 0.2) is 5.11 Å². The van der Waals surface area contributed by atoms with Gasteiger partial charge in [-0.15, -0.1) is 0 Å². The number of hydrogen-bond acceptors (Lipinski definition) is 2. The van der Waals surface area contributed by atoms with E-state index in [-0.39, 0.29) is 0 Å². The molecule has 0 aromatic carbocycles. The van der Waals surface area contributed by atoms with Gasteiger partial charge in [0.05, 0.1) is 0 Å². The van der Waals surface area contributed by atoms with Crippen LogP contribution in [0.2, 0.25) is 0 Å². The number of nitrogens with one attached hydrogen (secondary N) is 1. The molecule has 1 aliphatic rings. The molecule has 76 valence electrons. The first-order valence-corrected chi connectivity index (χ1v) is 5.19. The lowest BCUT2D eigenvalue weighted by atomic mass is 10.2. The highest BCUT2D eigenvalue weighted by Gasteiger charge is 2.18. The Bertz CT molecular complexity index is 184. The summed E-state index contributed by atoms with van der Waals surface area (Å²) in [7, 11) is 4.06. The van der Waals surface area contributed by atoms with Crippen molar-refractivity contribution in [3.8, 4) is 0 Å². The van der Waals surface area contributed by atoms with Gasteiger partial charge in [-0.05, 0) is 25.2 Å². The average Bonchev–Trinajstić information content (AvgIpc) is 2.25. The van der Waals surface area contributed by atoms with Crippen LogP contribution < -0.4 is 5.32 Å². The predicted molar refractivity (Wildman–Crippen MR) is 59.9 cm³/mol. The van der Waals surface area contributed by atoms with Crippen molar-refractivity contribution in [3.63, 3.8) is 0 Å². The van der Waals surface area contributed by atoms with E-state index >= 15 is 0 Å². The third kappa shape index (κ3) is 3.12. The fourth-order valence-electron chi connectivity index (χ4n) is 1.78. The van der Waals surface area contributed by atoms with Gasteiger partial charge in [0.2, 0.25) is 0 Å². The molecule has 0 spiro atoms. The number of thiocarbonyl (C=S) groups is 1. The molecule has 1 saturated heterocycles. The van der Waals surface area contributed by atoms with Gasteiger partial charge in [-0.3, -0.25) is 0 Å². The zero-order chi connectivity index (χ0) is 9.84. The van der Waals surface area contributed by atoms with Crippen LogP contribution in [0.15, 0.2) is 0 Å². The molecule has 4 heteroatoms. The maximum atomic E-state index is 5.22. The minimum atomic E-state index is 0.693. The summed E-state index contributed by atoms with van der Waals surface area (Å²) in [4.78, 5) is 4.62. The Morgan fingerprint density at radius 2 is 2.08 bits per heavy atom. The molecule has 13 heavy (non-hydrogen) atoms. The highest BCUT2D eigenvalue weighted by Crippen LogP contribution is 2.07. The maximum Gasteiger partial charge on any atom is 0.168 e. The summed E-state index contributed by atoms with van der Waals surface area (Å²) in [6, 6.07) is 0. The molecule has 0 radical (unpaired) electrons. The van der Waals surface area contributed by atoms with Gasteiger partial charge in [-0.2, -0.15) is 0 Å². The first kappa shape index (κ1) is 10.7. The lowest BCUT2D eigenvalue weighted by molar-refractivity contribution is 0.321. The summed E-state index contributed by atoms with van der Waals surface area (Å²) in [5, 5.41) is 3.91. The fraction of sp³-hybridized carbons (Fsp3) is 0.889. The second-order valence-corrected chi connectivity index (χ2v) is 4.26. The van der Waals surface area contributed by atoms with Crippen molar-refractivity contribution in [1.29, 1.82) is 0 Å². The molecule has 0 aliphatic carbocycles. The minimum absolute atomic E-state index is 0.693. The van der Waals surface area contributed by atoms with Crippen molar-refractivity contribution in [2.45, 2.75) is 6.92 Å². The molecule has 1 aliphatic heterocycles. The van der Waals surface area contributed by atoms with Crippen molar-refractivity contribution in [1.82, 2.24) is 15.1 Å². The first-order valence-electron chi connectivity index (χ1n) is 4.78. The third-order valence-electron chi connectivity index (χ3n) is 2.41. The quantitative estimate of drug-likeness (QED) is 0.571. The van der Waals surface area contributed by atoms with E-state index in [9.17, 15) is 0 Å². The van der Waals surface area contributed by atoms with Crippen molar-refractivity contribution >= 4 is 17.3 Å².